The van der Waals surface area contributed by atoms with Gasteiger partial charge < -0.3 is 10.1 Å². The third-order valence-electron chi connectivity index (χ3n) is 3.74. The van der Waals surface area contributed by atoms with Crippen LogP contribution in [0.25, 0.3) is 0 Å². The van der Waals surface area contributed by atoms with Crippen LogP contribution in [0, 0.1) is 5.92 Å². The number of nitrogens with one attached hydrogen (secondary N) is 2. The Morgan fingerprint density at radius 1 is 1.57 bits per heavy atom. The van der Waals surface area contributed by atoms with Crippen LogP contribution < -0.4 is 10.2 Å². The molecule has 6 heteroatoms. The van der Waals surface area contributed by atoms with E-state index in [1.54, 1.807) is 7.05 Å². The molecule has 0 aromatic rings. The lowest BCUT2D eigenvalue weighted by Gasteiger charge is -2.25. The summed E-state index contributed by atoms with van der Waals surface area (Å²) in [5, 5.41) is 2.83. The third-order valence-corrected chi connectivity index (χ3v) is 3.96. The number of ether oxygens (including phenoxy) is 1. The number of halogens is 1. The zero-order valence-corrected chi connectivity index (χ0v) is 13.2. The maximum absolute atomic E-state index is 11.3. The van der Waals surface area contributed by atoms with E-state index in [0.717, 1.165) is 22.7 Å². The summed E-state index contributed by atoms with van der Waals surface area (Å²) in [6, 6.07) is 0. The molecule has 0 unspecified atom stereocenters. The maximum atomic E-state index is 11.3. The minimum Gasteiger partial charge on any atom is -0.490 e. The van der Waals surface area contributed by atoms with Crippen LogP contribution in [0.4, 0.5) is 0 Å². The first kappa shape index (κ1) is 15.6. The second kappa shape index (κ2) is 6.80. The van der Waals surface area contributed by atoms with Gasteiger partial charge in [0.1, 0.15) is 11.9 Å². The van der Waals surface area contributed by atoms with E-state index in [1.807, 2.05) is 32.1 Å². The first-order valence-electron chi connectivity index (χ1n) is 6.96. The summed E-state index contributed by atoms with van der Waals surface area (Å²) in [4.78, 5) is 18.2. The fourth-order valence-electron chi connectivity index (χ4n) is 2.49. The number of hydrogen-bond donors (Lipinski definition) is 2. The second-order valence-electron chi connectivity index (χ2n) is 5.11. The molecule has 1 heterocycles. The molecule has 0 radical (unpaired) electrons. The minimum absolute atomic E-state index is 0.0714. The highest BCUT2D eigenvalue weighted by Gasteiger charge is 2.29. The van der Waals surface area contributed by atoms with Crippen molar-refractivity contribution in [2.45, 2.75) is 26.4 Å². The van der Waals surface area contributed by atoms with Crippen LogP contribution in [0.3, 0.4) is 0 Å². The minimum atomic E-state index is -0.0714. The Labute approximate surface area is 129 Å². The molecule has 1 amide bonds. The third kappa shape index (κ3) is 3.47. The zero-order valence-electron chi connectivity index (χ0n) is 12.4. The van der Waals surface area contributed by atoms with Crippen molar-refractivity contribution in [3.63, 3.8) is 0 Å². The molecule has 0 bridgehead atoms. The van der Waals surface area contributed by atoms with Crippen molar-refractivity contribution in [1.82, 2.24) is 10.2 Å². The van der Waals surface area contributed by atoms with Crippen molar-refractivity contribution in [3.05, 3.63) is 35.3 Å². The SMILES string of the molecule is C/C=C1/C(O[C@H](C)[C@H]2CNC(=O)C2)=CC(NCl)=CC1=NC. The summed E-state index contributed by atoms with van der Waals surface area (Å²) in [6.07, 6.45) is 6.10. The largest absolute Gasteiger partial charge is 0.490 e. The summed E-state index contributed by atoms with van der Waals surface area (Å²) in [7, 11) is 1.73. The molecule has 2 aliphatic rings. The van der Waals surface area contributed by atoms with Crippen molar-refractivity contribution in [3.8, 4) is 0 Å². The van der Waals surface area contributed by atoms with E-state index in [2.05, 4.69) is 15.1 Å². The Morgan fingerprint density at radius 2 is 2.33 bits per heavy atom. The predicted octanol–water partition coefficient (Wildman–Crippen LogP) is 2.07. The van der Waals surface area contributed by atoms with E-state index >= 15 is 0 Å². The average Bonchev–Trinajstić information content (AvgIpc) is 2.92. The smallest absolute Gasteiger partial charge is 0.220 e. The molecule has 21 heavy (non-hydrogen) atoms. The topological polar surface area (TPSA) is 62.7 Å². The van der Waals surface area contributed by atoms with Gasteiger partial charge in [-0.1, -0.05) is 6.08 Å². The number of carbonyl (C=O) groups excluding carboxylic acids is 1. The van der Waals surface area contributed by atoms with Gasteiger partial charge in [-0.25, -0.2) is 0 Å². The first-order valence-corrected chi connectivity index (χ1v) is 7.34. The molecule has 0 aromatic carbocycles. The molecule has 1 aliphatic carbocycles. The molecule has 2 rings (SSSR count). The Morgan fingerprint density at radius 3 is 2.86 bits per heavy atom. The number of nitrogens with zero attached hydrogens (tertiary/aromatic N) is 1. The molecule has 0 aromatic heterocycles. The van der Waals surface area contributed by atoms with E-state index in [-0.39, 0.29) is 17.9 Å². The summed E-state index contributed by atoms with van der Waals surface area (Å²) in [5.41, 5.74) is 2.47. The van der Waals surface area contributed by atoms with Crippen LogP contribution >= 0.6 is 11.8 Å². The van der Waals surface area contributed by atoms with Gasteiger partial charge >= 0.3 is 0 Å². The van der Waals surface area contributed by atoms with E-state index in [0.29, 0.717) is 13.0 Å². The van der Waals surface area contributed by atoms with Gasteiger partial charge in [0, 0.05) is 49.4 Å². The summed E-state index contributed by atoms with van der Waals surface area (Å²) >= 11 is 5.69. The van der Waals surface area contributed by atoms with Gasteiger partial charge in [0.2, 0.25) is 5.91 Å². The van der Waals surface area contributed by atoms with Crippen molar-refractivity contribution in [2.75, 3.05) is 13.6 Å². The van der Waals surface area contributed by atoms with Crippen LogP contribution in [-0.4, -0.2) is 31.3 Å². The Kier molecular flexibility index (Phi) is 5.07. The van der Waals surface area contributed by atoms with E-state index < -0.39 is 0 Å². The molecule has 1 aliphatic heterocycles. The fourth-order valence-corrected chi connectivity index (χ4v) is 2.60. The van der Waals surface area contributed by atoms with Crippen molar-refractivity contribution < 1.29 is 9.53 Å². The van der Waals surface area contributed by atoms with Crippen molar-refractivity contribution in [1.29, 1.82) is 0 Å². The van der Waals surface area contributed by atoms with Gasteiger partial charge in [-0.2, -0.15) is 0 Å². The lowest BCUT2D eigenvalue weighted by atomic mass is 9.99. The van der Waals surface area contributed by atoms with Gasteiger partial charge in [0.15, 0.2) is 0 Å². The molecule has 114 valence electrons. The highest BCUT2D eigenvalue weighted by molar-refractivity contribution is 6.17. The van der Waals surface area contributed by atoms with Crippen LogP contribution in [-0.2, 0) is 9.53 Å². The lowest BCUT2D eigenvalue weighted by Crippen LogP contribution is -2.25. The number of carbonyl (C=O) groups is 1. The van der Waals surface area contributed by atoms with Gasteiger partial charge in [0.05, 0.1) is 11.4 Å². The Hall–Kier alpha value is -1.75. The first-order chi connectivity index (χ1) is 10.1. The lowest BCUT2D eigenvalue weighted by molar-refractivity contribution is -0.119. The average molecular weight is 310 g/mol. The molecule has 1 fully saturated rings. The van der Waals surface area contributed by atoms with Gasteiger partial charge in [-0.3, -0.25) is 14.6 Å². The zero-order chi connectivity index (χ0) is 15.4. The molecule has 1 saturated heterocycles. The number of allylic oxidation sites excluding steroid dienone is 4. The standard InChI is InChI=1S/C15H20ClN3O2/c1-4-12-13(17-3)6-11(19-16)7-14(12)21-9(2)10-5-15(20)18-8-10/h4,6-7,9-10,19H,5,8H2,1-3H3,(H,18,20)/b12-4+,17-13?/t9-,10-/m1/s1. The second-order valence-corrected chi connectivity index (χ2v) is 5.29. The Bertz CT molecular complexity index is 549. The number of aliphatic imine (C=N–C) groups is 1. The Balaban J connectivity index is 2.18. The van der Waals surface area contributed by atoms with E-state index in [4.69, 9.17) is 16.5 Å². The summed E-state index contributed by atoms with van der Waals surface area (Å²) in [6.45, 7) is 4.58. The summed E-state index contributed by atoms with van der Waals surface area (Å²) < 4.78 is 6.07. The number of rotatable bonds is 4. The maximum Gasteiger partial charge on any atom is 0.220 e. The quantitative estimate of drug-likeness (QED) is 0.782. The molecule has 2 atom stereocenters. The fraction of sp³-hybridized carbons (Fsp3) is 0.467. The monoisotopic (exact) mass is 309 g/mol. The highest BCUT2D eigenvalue weighted by Crippen LogP contribution is 2.26. The van der Waals surface area contributed by atoms with Crippen LogP contribution in [0.5, 0.6) is 0 Å². The predicted molar refractivity (Wildman–Crippen MR) is 83.9 cm³/mol. The molecule has 5 nitrogen and oxygen atoms in total. The van der Waals surface area contributed by atoms with Crippen LogP contribution in [0.1, 0.15) is 20.3 Å². The molecule has 0 spiro atoms. The van der Waals surface area contributed by atoms with Gasteiger partial charge in [0.25, 0.3) is 0 Å². The van der Waals surface area contributed by atoms with Crippen LogP contribution in [0.15, 0.2) is 40.2 Å². The normalized spacial score (nSPS) is 27.2. The number of amides is 1. The van der Waals surface area contributed by atoms with E-state index in [1.165, 1.54) is 0 Å². The van der Waals surface area contributed by atoms with Crippen molar-refractivity contribution in [2.24, 2.45) is 10.9 Å². The van der Waals surface area contributed by atoms with Crippen molar-refractivity contribution >= 4 is 23.4 Å². The van der Waals surface area contributed by atoms with E-state index in [9.17, 15) is 4.79 Å². The van der Waals surface area contributed by atoms with Crippen LogP contribution in [0.2, 0.25) is 0 Å². The highest BCUT2D eigenvalue weighted by atomic mass is 35.5. The molecular weight excluding hydrogens is 290 g/mol. The number of hydrogen-bond acceptors (Lipinski definition) is 4. The molecule has 2 N–H and O–H groups in total. The van der Waals surface area contributed by atoms with Gasteiger partial charge in [-0.15, -0.1) is 0 Å². The summed E-state index contributed by atoms with van der Waals surface area (Å²) in [5.74, 6) is 0.977. The van der Waals surface area contributed by atoms with Gasteiger partial charge in [-0.05, 0) is 19.9 Å². The molecular formula is C15H20ClN3O2. The molecule has 0 saturated carbocycles.